The number of carbonyl (C=O) groups is 1. The quantitative estimate of drug-likeness (QED) is 0.514. The first-order chi connectivity index (χ1) is 13.6. The van der Waals surface area contributed by atoms with Crippen LogP contribution in [0, 0.1) is 0 Å². The molecule has 1 aromatic carbocycles. The van der Waals surface area contributed by atoms with Crippen LogP contribution in [0.1, 0.15) is 36.9 Å². The number of amides is 1. The number of hydrogen-bond donors (Lipinski definition) is 2. The van der Waals surface area contributed by atoms with E-state index < -0.39 is 6.04 Å². The zero-order valence-corrected chi connectivity index (χ0v) is 17.5. The number of nitrogens with two attached hydrogens (primary N) is 1. The van der Waals surface area contributed by atoms with Crippen molar-refractivity contribution in [1.82, 2.24) is 25.0 Å². The van der Waals surface area contributed by atoms with Crippen molar-refractivity contribution in [3.63, 3.8) is 0 Å². The Balaban J connectivity index is 1.69. The number of rotatable bonds is 9. The standard InChI is InChI=1S/C18H23N7OS2/c1-3-13(15(26)20-17-23-21-14(4-2)28-17)25-16(19)22-24-18(25)27-11-10-12-8-6-5-7-9-12/h5-9,13H,3-4,10-11H2,1-2H3,(H2,19,22)(H,20,23,26). The summed E-state index contributed by atoms with van der Waals surface area (Å²) in [4.78, 5) is 12.8. The van der Waals surface area contributed by atoms with Gasteiger partial charge >= 0.3 is 0 Å². The summed E-state index contributed by atoms with van der Waals surface area (Å²) in [6, 6.07) is 9.72. The second-order valence-electron chi connectivity index (χ2n) is 6.06. The van der Waals surface area contributed by atoms with Crippen LogP contribution in [0.2, 0.25) is 0 Å². The molecule has 1 atom stereocenters. The lowest BCUT2D eigenvalue weighted by molar-refractivity contribution is -0.119. The van der Waals surface area contributed by atoms with Gasteiger partial charge in [-0.05, 0) is 24.8 Å². The highest BCUT2D eigenvalue weighted by atomic mass is 32.2. The van der Waals surface area contributed by atoms with E-state index in [1.807, 2.05) is 32.0 Å². The molecule has 3 aromatic rings. The molecular formula is C18H23N7OS2. The molecule has 148 valence electrons. The Hall–Kier alpha value is -2.46. The van der Waals surface area contributed by atoms with Crippen LogP contribution in [-0.2, 0) is 17.6 Å². The van der Waals surface area contributed by atoms with Crippen LogP contribution >= 0.6 is 23.1 Å². The molecule has 0 radical (unpaired) electrons. The molecule has 10 heteroatoms. The van der Waals surface area contributed by atoms with Crippen molar-refractivity contribution in [3.8, 4) is 0 Å². The van der Waals surface area contributed by atoms with Crippen LogP contribution in [0.25, 0.3) is 0 Å². The Kier molecular flexibility index (Phi) is 6.99. The molecule has 28 heavy (non-hydrogen) atoms. The number of benzene rings is 1. The van der Waals surface area contributed by atoms with Crippen molar-refractivity contribution in [1.29, 1.82) is 0 Å². The second-order valence-corrected chi connectivity index (χ2v) is 8.19. The lowest BCUT2D eigenvalue weighted by atomic mass is 10.2. The van der Waals surface area contributed by atoms with Crippen LogP contribution in [0.15, 0.2) is 35.5 Å². The molecule has 0 saturated heterocycles. The van der Waals surface area contributed by atoms with E-state index in [2.05, 4.69) is 37.8 Å². The summed E-state index contributed by atoms with van der Waals surface area (Å²) in [6.45, 7) is 3.93. The number of anilines is 2. The van der Waals surface area contributed by atoms with Gasteiger partial charge in [-0.1, -0.05) is 67.3 Å². The van der Waals surface area contributed by atoms with Crippen molar-refractivity contribution in [2.45, 2.75) is 44.3 Å². The van der Waals surface area contributed by atoms with E-state index in [1.54, 1.807) is 16.3 Å². The van der Waals surface area contributed by atoms with Gasteiger partial charge in [0.2, 0.25) is 17.0 Å². The fourth-order valence-electron chi connectivity index (χ4n) is 2.71. The van der Waals surface area contributed by atoms with Crippen molar-refractivity contribution in [2.75, 3.05) is 16.8 Å². The highest BCUT2D eigenvalue weighted by Crippen LogP contribution is 2.27. The number of carbonyl (C=O) groups excluding carboxylic acids is 1. The summed E-state index contributed by atoms with van der Waals surface area (Å²) in [5.41, 5.74) is 7.28. The minimum atomic E-state index is -0.511. The van der Waals surface area contributed by atoms with Gasteiger partial charge in [0.1, 0.15) is 11.0 Å². The van der Waals surface area contributed by atoms with E-state index in [0.29, 0.717) is 16.7 Å². The first-order valence-electron chi connectivity index (χ1n) is 9.12. The summed E-state index contributed by atoms with van der Waals surface area (Å²) >= 11 is 2.92. The molecule has 0 aliphatic heterocycles. The molecule has 3 N–H and O–H groups in total. The molecule has 1 unspecified atom stereocenters. The van der Waals surface area contributed by atoms with Gasteiger partial charge in [0.25, 0.3) is 0 Å². The first-order valence-corrected chi connectivity index (χ1v) is 10.9. The molecular weight excluding hydrogens is 394 g/mol. The zero-order valence-electron chi connectivity index (χ0n) is 15.8. The third-order valence-electron chi connectivity index (χ3n) is 4.16. The van der Waals surface area contributed by atoms with E-state index in [9.17, 15) is 4.79 Å². The normalized spacial score (nSPS) is 12.1. The van der Waals surface area contributed by atoms with Crippen LogP contribution in [0.4, 0.5) is 11.1 Å². The zero-order chi connectivity index (χ0) is 19.9. The number of thioether (sulfide) groups is 1. The van der Waals surface area contributed by atoms with Gasteiger partial charge in [0, 0.05) is 5.75 Å². The molecule has 0 saturated carbocycles. The molecule has 0 aliphatic carbocycles. The van der Waals surface area contributed by atoms with E-state index in [0.717, 1.165) is 23.6 Å². The van der Waals surface area contributed by atoms with E-state index in [4.69, 9.17) is 5.73 Å². The molecule has 8 nitrogen and oxygen atoms in total. The van der Waals surface area contributed by atoms with Gasteiger partial charge in [0.05, 0.1) is 0 Å². The minimum absolute atomic E-state index is 0.197. The Morgan fingerprint density at radius 2 is 2.00 bits per heavy atom. The molecule has 2 aromatic heterocycles. The van der Waals surface area contributed by atoms with Gasteiger partial charge in [0.15, 0.2) is 5.16 Å². The predicted octanol–water partition coefficient (Wildman–Crippen LogP) is 3.20. The maximum Gasteiger partial charge on any atom is 0.249 e. The number of nitrogens with zero attached hydrogens (tertiary/aromatic N) is 5. The lowest BCUT2D eigenvalue weighted by Crippen LogP contribution is -2.27. The Bertz CT molecular complexity index is 910. The summed E-state index contributed by atoms with van der Waals surface area (Å²) in [5, 5.41) is 21.0. The number of hydrogen-bond acceptors (Lipinski definition) is 8. The van der Waals surface area contributed by atoms with Crippen LogP contribution < -0.4 is 11.1 Å². The monoisotopic (exact) mass is 417 g/mol. The topological polar surface area (TPSA) is 112 Å². The van der Waals surface area contributed by atoms with Gasteiger partial charge in [-0.15, -0.1) is 20.4 Å². The molecule has 0 fully saturated rings. The highest BCUT2D eigenvalue weighted by Gasteiger charge is 2.25. The largest absolute Gasteiger partial charge is 0.368 e. The predicted molar refractivity (Wildman–Crippen MR) is 113 cm³/mol. The molecule has 0 bridgehead atoms. The Morgan fingerprint density at radius 1 is 1.21 bits per heavy atom. The minimum Gasteiger partial charge on any atom is -0.368 e. The van der Waals surface area contributed by atoms with Gasteiger partial charge in [-0.2, -0.15) is 0 Å². The van der Waals surface area contributed by atoms with Crippen molar-refractivity contribution >= 4 is 40.1 Å². The Morgan fingerprint density at radius 3 is 2.68 bits per heavy atom. The number of nitrogen functional groups attached to an aromatic ring is 1. The van der Waals surface area contributed by atoms with Gasteiger partial charge < -0.3 is 5.73 Å². The summed E-state index contributed by atoms with van der Waals surface area (Å²) in [5.74, 6) is 0.852. The van der Waals surface area contributed by atoms with Gasteiger partial charge in [-0.3, -0.25) is 14.7 Å². The summed E-state index contributed by atoms with van der Waals surface area (Å²) in [6.07, 6.45) is 2.23. The SMILES string of the molecule is CCc1nnc(NC(=O)C(CC)n2c(N)nnc2SCCc2ccccc2)s1. The highest BCUT2D eigenvalue weighted by molar-refractivity contribution is 7.99. The molecule has 3 rings (SSSR count). The van der Waals surface area contributed by atoms with Crippen molar-refractivity contribution in [3.05, 3.63) is 40.9 Å². The van der Waals surface area contributed by atoms with E-state index in [1.165, 1.54) is 16.9 Å². The van der Waals surface area contributed by atoms with Crippen molar-refractivity contribution < 1.29 is 4.79 Å². The molecule has 0 aliphatic rings. The molecule has 1 amide bonds. The Labute approximate surface area is 172 Å². The summed E-state index contributed by atoms with van der Waals surface area (Å²) < 4.78 is 1.70. The molecule has 0 spiro atoms. The average molecular weight is 418 g/mol. The number of aryl methyl sites for hydroxylation is 2. The number of nitrogens with one attached hydrogen (secondary N) is 1. The van der Waals surface area contributed by atoms with Crippen molar-refractivity contribution in [2.24, 2.45) is 0 Å². The van der Waals surface area contributed by atoms with Gasteiger partial charge in [-0.25, -0.2) is 0 Å². The number of aromatic nitrogens is 5. The first kappa shape index (κ1) is 20.3. The van der Waals surface area contributed by atoms with Crippen LogP contribution in [0.3, 0.4) is 0 Å². The van der Waals surface area contributed by atoms with Crippen LogP contribution in [0.5, 0.6) is 0 Å². The fourth-order valence-corrected chi connectivity index (χ4v) is 4.37. The molecule has 2 heterocycles. The van der Waals surface area contributed by atoms with E-state index in [-0.39, 0.29) is 11.9 Å². The maximum absolute atomic E-state index is 12.8. The smallest absolute Gasteiger partial charge is 0.249 e. The fraction of sp³-hybridized carbons (Fsp3) is 0.389. The van der Waals surface area contributed by atoms with E-state index >= 15 is 0 Å². The summed E-state index contributed by atoms with van der Waals surface area (Å²) in [7, 11) is 0. The third kappa shape index (κ3) is 4.87. The maximum atomic E-state index is 12.8. The lowest BCUT2D eigenvalue weighted by Gasteiger charge is -2.18. The average Bonchev–Trinajstić information content (AvgIpc) is 3.31. The third-order valence-corrected chi connectivity index (χ3v) is 6.08. The second kappa shape index (κ2) is 9.65. The van der Waals surface area contributed by atoms with Crippen LogP contribution in [-0.4, -0.2) is 36.6 Å².